The van der Waals surface area contributed by atoms with E-state index in [2.05, 4.69) is 57.9 Å². The van der Waals surface area contributed by atoms with Crippen LogP contribution in [0.3, 0.4) is 0 Å². The molecule has 0 saturated heterocycles. The number of rotatable bonds is 0. The van der Waals surface area contributed by atoms with E-state index in [9.17, 15) is 5.26 Å². The smallest absolute Gasteiger partial charge is 0.0994 e. The van der Waals surface area contributed by atoms with Crippen molar-refractivity contribution in [3.8, 4) is 25.0 Å². The van der Waals surface area contributed by atoms with Crippen LogP contribution in [0.5, 0.6) is 0 Å². The summed E-state index contributed by atoms with van der Waals surface area (Å²) in [7, 11) is 0. The Kier molecular flexibility index (Phi) is 7.67. The average molecular weight is 437 g/mol. The molecule has 6 atom stereocenters. The maximum atomic E-state index is 9.40. The van der Waals surface area contributed by atoms with Crippen LogP contribution in [0, 0.1) is 71.5 Å². The first-order valence-corrected chi connectivity index (χ1v) is 12.2. The van der Waals surface area contributed by atoms with Gasteiger partial charge in [-0.3, -0.25) is 0 Å². The summed E-state index contributed by atoms with van der Waals surface area (Å²) in [5.74, 6) is 4.21. The van der Waals surface area contributed by atoms with E-state index in [0.29, 0.717) is 11.3 Å². The molecule has 0 N–H and O–H groups in total. The lowest BCUT2D eigenvalue weighted by Gasteiger charge is -2.50. The Bertz CT molecular complexity index is 1060. The third-order valence-electron chi connectivity index (χ3n) is 9.03. The van der Waals surface area contributed by atoms with E-state index in [-0.39, 0.29) is 0 Å². The fraction of sp³-hybridized carbons (Fsp3) is 0.484. The Morgan fingerprint density at radius 1 is 0.970 bits per heavy atom. The maximum Gasteiger partial charge on any atom is 0.0994 e. The van der Waals surface area contributed by atoms with Crippen LogP contribution >= 0.6 is 0 Å². The summed E-state index contributed by atoms with van der Waals surface area (Å²) in [5.41, 5.74) is 6.29. The predicted molar refractivity (Wildman–Crippen MR) is 135 cm³/mol. The van der Waals surface area contributed by atoms with Crippen molar-refractivity contribution in [3.05, 3.63) is 70.3 Å². The lowest BCUT2D eigenvalue weighted by atomic mass is 9.54. The largest absolute Gasteiger partial charge is 0.192 e. The summed E-state index contributed by atoms with van der Waals surface area (Å²) in [6.45, 7) is 9.54. The second kappa shape index (κ2) is 10.3. The van der Waals surface area contributed by atoms with Gasteiger partial charge in [0.05, 0.1) is 23.3 Å². The third kappa shape index (κ3) is 4.56. The van der Waals surface area contributed by atoms with Crippen LogP contribution in [0.2, 0.25) is 0 Å². The Balaban J connectivity index is 0.000000234. The van der Waals surface area contributed by atoms with Gasteiger partial charge in [0, 0.05) is 0 Å². The van der Waals surface area contributed by atoms with Gasteiger partial charge in [-0.1, -0.05) is 50.6 Å². The molecule has 3 aliphatic carbocycles. The van der Waals surface area contributed by atoms with Crippen molar-refractivity contribution in [2.45, 2.75) is 65.7 Å². The van der Waals surface area contributed by atoms with Crippen LogP contribution in [0.1, 0.15) is 80.2 Å². The van der Waals surface area contributed by atoms with Crippen LogP contribution in [-0.2, 0) is 6.42 Å². The molecular formula is C31H36N2. The highest BCUT2D eigenvalue weighted by molar-refractivity contribution is 5.46. The number of nitriles is 2. The van der Waals surface area contributed by atoms with E-state index in [1.54, 1.807) is 0 Å². The van der Waals surface area contributed by atoms with Crippen molar-refractivity contribution >= 4 is 0 Å². The highest BCUT2D eigenvalue weighted by Gasteiger charge is 2.55. The molecule has 2 heteroatoms. The summed E-state index contributed by atoms with van der Waals surface area (Å²) >= 11 is 0. The molecule has 0 bridgehead atoms. The van der Waals surface area contributed by atoms with E-state index in [0.717, 1.165) is 41.2 Å². The monoisotopic (exact) mass is 436 g/mol. The highest BCUT2D eigenvalue weighted by atomic mass is 14.6. The molecule has 3 unspecified atom stereocenters. The van der Waals surface area contributed by atoms with Crippen molar-refractivity contribution in [2.24, 2.45) is 29.1 Å². The number of nitrogens with zero attached hydrogens (tertiary/aromatic N) is 2. The fourth-order valence-corrected chi connectivity index (χ4v) is 6.96. The average Bonchev–Trinajstić information content (AvgIpc) is 3.09. The number of benzene rings is 2. The van der Waals surface area contributed by atoms with Gasteiger partial charge in [0.15, 0.2) is 0 Å². The van der Waals surface area contributed by atoms with Crippen LogP contribution in [0.25, 0.3) is 0 Å². The minimum Gasteiger partial charge on any atom is -0.192 e. The minimum absolute atomic E-state index is 0.560. The van der Waals surface area contributed by atoms with Gasteiger partial charge in [-0.25, -0.2) is 0 Å². The lowest BCUT2D eigenvalue weighted by Crippen LogP contribution is -2.42. The number of fused-ring (bicyclic) bond motifs is 5. The Morgan fingerprint density at radius 2 is 1.67 bits per heavy atom. The molecule has 0 amide bonds. The van der Waals surface area contributed by atoms with Gasteiger partial charge in [0.1, 0.15) is 0 Å². The van der Waals surface area contributed by atoms with Gasteiger partial charge in [0.25, 0.3) is 0 Å². The number of terminal acetylenes is 1. The zero-order valence-corrected chi connectivity index (χ0v) is 20.5. The van der Waals surface area contributed by atoms with Gasteiger partial charge in [-0.2, -0.15) is 10.5 Å². The Morgan fingerprint density at radius 3 is 2.30 bits per heavy atom. The van der Waals surface area contributed by atoms with Gasteiger partial charge >= 0.3 is 0 Å². The standard InChI is InChI=1S/C21H27N.C8H7N.C2H2/c1-13-11-20-19-8-7-16-15(12-22)5-4-6-17(16)18(19)9-10-21(20,3)14(13)2;1-7-2-4-8(6-9)5-3-7;1-2/h4-6,13-14,18-20H,7-11H2,1-3H3;2-5H,1H3;1-2H/t13-,14-,18?,19?,20?,21+;;/m0../s1. The molecule has 2 nitrogen and oxygen atoms in total. The number of hydrogen-bond donors (Lipinski definition) is 0. The van der Waals surface area contributed by atoms with Gasteiger partial charge in [-0.05, 0) is 103 Å². The topological polar surface area (TPSA) is 47.6 Å². The van der Waals surface area contributed by atoms with E-state index < -0.39 is 0 Å². The van der Waals surface area contributed by atoms with E-state index in [1.807, 2.05) is 37.3 Å². The molecule has 0 spiro atoms. The molecule has 170 valence electrons. The molecule has 5 rings (SSSR count). The zero-order chi connectivity index (χ0) is 24.2. The van der Waals surface area contributed by atoms with E-state index in [4.69, 9.17) is 5.26 Å². The van der Waals surface area contributed by atoms with Gasteiger partial charge in [-0.15, -0.1) is 12.8 Å². The first-order chi connectivity index (χ1) is 15.9. The van der Waals surface area contributed by atoms with Crippen molar-refractivity contribution < 1.29 is 0 Å². The van der Waals surface area contributed by atoms with Crippen LogP contribution < -0.4 is 0 Å². The summed E-state index contributed by atoms with van der Waals surface area (Å²) in [4.78, 5) is 0. The summed E-state index contributed by atoms with van der Waals surface area (Å²) in [6.07, 6.45) is 14.6. The molecule has 0 radical (unpaired) electrons. The molecule has 3 aliphatic rings. The van der Waals surface area contributed by atoms with Crippen molar-refractivity contribution in [1.82, 2.24) is 0 Å². The number of hydrogen-bond acceptors (Lipinski definition) is 2. The molecule has 2 aromatic rings. The molecular weight excluding hydrogens is 400 g/mol. The lowest BCUT2D eigenvalue weighted by molar-refractivity contribution is 0.0319. The molecule has 33 heavy (non-hydrogen) atoms. The predicted octanol–water partition coefficient (Wildman–Crippen LogP) is 7.41. The van der Waals surface area contributed by atoms with Gasteiger partial charge in [0.2, 0.25) is 0 Å². The Hall–Kier alpha value is -3.02. The second-order valence-electron chi connectivity index (χ2n) is 10.4. The zero-order valence-electron chi connectivity index (χ0n) is 20.5. The highest BCUT2D eigenvalue weighted by Crippen LogP contribution is 2.64. The third-order valence-corrected chi connectivity index (χ3v) is 9.03. The molecule has 0 aromatic heterocycles. The summed E-state index contributed by atoms with van der Waals surface area (Å²) in [6, 6.07) is 18.4. The van der Waals surface area contributed by atoms with Crippen LogP contribution in [0.15, 0.2) is 42.5 Å². The molecule has 0 heterocycles. The van der Waals surface area contributed by atoms with Crippen molar-refractivity contribution in [1.29, 1.82) is 10.5 Å². The summed E-state index contributed by atoms with van der Waals surface area (Å²) < 4.78 is 0. The fourth-order valence-electron chi connectivity index (χ4n) is 6.96. The van der Waals surface area contributed by atoms with Crippen molar-refractivity contribution in [3.63, 3.8) is 0 Å². The molecule has 0 aliphatic heterocycles. The van der Waals surface area contributed by atoms with Crippen LogP contribution in [0.4, 0.5) is 0 Å². The van der Waals surface area contributed by atoms with E-state index >= 15 is 0 Å². The maximum absolute atomic E-state index is 9.40. The van der Waals surface area contributed by atoms with Crippen molar-refractivity contribution in [2.75, 3.05) is 0 Å². The molecule has 2 fully saturated rings. The van der Waals surface area contributed by atoms with E-state index in [1.165, 1.54) is 42.4 Å². The summed E-state index contributed by atoms with van der Waals surface area (Å²) in [5, 5.41) is 17.8. The first kappa shape index (κ1) is 24.6. The minimum atomic E-state index is 0.560. The van der Waals surface area contributed by atoms with Gasteiger partial charge < -0.3 is 0 Å². The quantitative estimate of drug-likeness (QED) is 0.404. The number of aryl methyl sites for hydroxylation is 1. The molecule has 2 aromatic carbocycles. The second-order valence-corrected chi connectivity index (χ2v) is 10.4. The SMILES string of the molecule is C#C.C[C@H]1CC2C3CCc4c(C#N)cccc4C3CC[C@]2(C)[C@H]1C.Cc1ccc(C#N)cc1. The first-order valence-electron chi connectivity index (χ1n) is 12.2. The Labute approximate surface area is 200 Å². The normalized spacial score (nSPS) is 31.0. The molecule has 2 saturated carbocycles. The van der Waals surface area contributed by atoms with Crippen LogP contribution in [-0.4, -0.2) is 0 Å².